The van der Waals surface area contributed by atoms with Crippen LogP contribution in [0.4, 0.5) is 16.8 Å². The molecule has 1 N–H and O–H groups in total. The van der Waals surface area contributed by atoms with Crippen LogP contribution in [0.1, 0.15) is 0 Å². The molecule has 0 aliphatic carbocycles. The summed E-state index contributed by atoms with van der Waals surface area (Å²) in [5, 5.41) is 4.23. The second-order valence-corrected chi connectivity index (χ2v) is 6.73. The molecule has 0 radical (unpaired) electrons. The van der Waals surface area contributed by atoms with Crippen molar-refractivity contribution in [2.75, 3.05) is 43.6 Å². The van der Waals surface area contributed by atoms with E-state index in [9.17, 15) is 0 Å². The SMILES string of the molecule is COc1ccnc(Nc2cccc(-c3cnc(N4CCOCC4)s3)n2)c1. The lowest BCUT2D eigenvalue weighted by molar-refractivity contribution is 0.122. The number of hydrogen-bond acceptors (Lipinski definition) is 8. The first kappa shape index (κ1) is 16.7. The summed E-state index contributed by atoms with van der Waals surface area (Å²) in [6.45, 7) is 3.26. The van der Waals surface area contributed by atoms with Gasteiger partial charge in [0.2, 0.25) is 0 Å². The van der Waals surface area contributed by atoms with E-state index in [-0.39, 0.29) is 0 Å². The molecule has 3 aromatic rings. The summed E-state index contributed by atoms with van der Waals surface area (Å²) in [4.78, 5) is 16.8. The summed E-state index contributed by atoms with van der Waals surface area (Å²) in [5.74, 6) is 2.16. The molecule has 1 saturated heterocycles. The number of ether oxygens (including phenoxy) is 2. The second-order valence-electron chi connectivity index (χ2n) is 5.72. The number of aromatic nitrogens is 3. The summed E-state index contributed by atoms with van der Waals surface area (Å²) in [6, 6.07) is 9.51. The number of nitrogens with zero attached hydrogens (tertiary/aromatic N) is 4. The van der Waals surface area contributed by atoms with E-state index in [1.54, 1.807) is 30.7 Å². The quantitative estimate of drug-likeness (QED) is 0.740. The summed E-state index contributed by atoms with van der Waals surface area (Å²) in [5.41, 5.74) is 0.884. The van der Waals surface area contributed by atoms with Gasteiger partial charge in [-0.05, 0) is 18.2 Å². The number of nitrogens with one attached hydrogen (secondary N) is 1. The highest BCUT2D eigenvalue weighted by molar-refractivity contribution is 7.18. The van der Waals surface area contributed by atoms with Crippen molar-refractivity contribution in [3.8, 4) is 16.3 Å². The van der Waals surface area contributed by atoms with Gasteiger partial charge in [0.1, 0.15) is 17.4 Å². The topological polar surface area (TPSA) is 72.4 Å². The van der Waals surface area contributed by atoms with Crippen molar-refractivity contribution in [1.29, 1.82) is 0 Å². The van der Waals surface area contributed by atoms with E-state index in [1.165, 1.54) is 0 Å². The molecule has 0 saturated carbocycles. The second kappa shape index (κ2) is 7.67. The van der Waals surface area contributed by atoms with Crippen LogP contribution in [0.5, 0.6) is 5.75 Å². The maximum absolute atomic E-state index is 5.40. The fourth-order valence-electron chi connectivity index (χ4n) is 2.66. The Morgan fingerprint density at radius 2 is 2.04 bits per heavy atom. The zero-order valence-corrected chi connectivity index (χ0v) is 15.2. The van der Waals surface area contributed by atoms with Crippen molar-refractivity contribution in [1.82, 2.24) is 15.0 Å². The summed E-state index contributed by atoms with van der Waals surface area (Å²) < 4.78 is 10.6. The average Bonchev–Trinajstić information content (AvgIpc) is 3.19. The Bertz CT molecular complexity index is 879. The van der Waals surface area contributed by atoms with Crippen molar-refractivity contribution >= 4 is 28.1 Å². The van der Waals surface area contributed by atoms with E-state index in [2.05, 4.69) is 25.2 Å². The predicted molar refractivity (Wildman–Crippen MR) is 102 cm³/mol. The highest BCUT2D eigenvalue weighted by Gasteiger charge is 2.15. The van der Waals surface area contributed by atoms with Crippen LogP contribution in [-0.4, -0.2) is 48.4 Å². The molecule has 1 aliphatic heterocycles. The maximum Gasteiger partial charge on any atom is 0.186 e. The van der Waals surface area contributed by atoms with Gasteiger partial charge in [-0.15, -0.1) is 0 Å². The number of methoxy groups -OCH3 is 1. The smallest absolute Gasteiger partial charge is 0.186 e. The molecule has 1 aliphatic rings. The van der Waals surface area contributed by atoms with Gasteiger partial charge in [-0.1, -0.05) is 17.4 Å². The van der Waals surface area contributed by atoms with Crippen molar-refractivity contribution in [3.05, 3.63) is 42.7 Å². The molecule has 134 valence electrons. The molecule has 7 nitrogen and oxygen atoms in total. The zero-order chi connectivity index (χ0) is 17.8. The van der Waals surface area contributed by atoms with Gasteiger partial charge < -0.3 is 19.7 Å². The summed E-state index contributed by atoms with van der Waals surface area (Å²) in [6.07, 6.45) is 3.58. The van der Waals surface area contributed by atoms with Gasteiger partial charge in [0, 0.05) is 31.5 Å². The monoisotopic (exact) mass is 369 g/mol. The third kappa shape index (κ3) is 3.76. The first-order valence-electron chi connectivity index (χ1n) is 8.35. The molecular weight excluding hydrogens is 350 g/mol. The number of morpholine rings is 1. The lowest BCUT2D eigenvalue weighted by Crippen LogP contribution is -2.36. The normalized spacial score (nSPS) is 14.3. The third-order valence-electron chi connectivity index (χ3n) is 4.00. The lowest BCUT2D eigenvalue weighted by Gasteiger charge is -2.25. The fraction of sp³-hybridized carbons (Fsp3) is 0.278. The van der Waals surface area contributed by atoms with Crippen LogP contribution >= 0.6 is 11.3 Å². The molecular formula is C18H19N5O2S. The van der Waals surface area contributed by atoms with Crippen molar-refractivity contribution in [2.24, 2.45) is 0 Å². The number of anilines is 3. The van der Waals surface area contributed by atoms with Crippen molar-refractivity contribution in [3.63, 3.8) is 0 Å². The molecule has 26 heavy (non-hydrogen) atoms. The van der Waals surface area contributed by atoms with Crippen LogP contribution in [0, 0.1) is 0 Å². The van der Waals surface area contributed by atoms with Gasteiger partial charge in [0.25, 0.3) is 0 Å². The van der Waals surface area contributed by atoms with E-state index < -0.39 is 0 Å². The van der Waals surface area contributed by atoms with Gasteiger partial charge in [0.15, 0.2) is 5.13 Å². The Morgan fingerprint density at radius 1 is 1.15 bits per heavy atom. The molecule has 3 aromatic heterocycles. The number of rotatable bonds is 5. The standard InChI is InChI=1S/C18H19N5O2S/c1-24-13-5-6-19-17(11-13)22-16-4-2-3-14(21-16)15-12-20-18(26-15)23-7-9-25-10-8-23/h2-6,11-12H,7-10H2,1H3,(H,19,21,22). The van der Waals surface area contributed by atoms with Gasteiger partial charge >= 0.3 is 0 Å². The Hall–Kier alpha value is -2.71. The lowest BCUT2D eigenvalue weighted by atomic mass is 10.3. The van der Waals surface area contributed by atoms with Crippen LogP contribution in [0.15, 0.2) is 42.7 Å². The van der Waals surface area contributed by atoms with Gasteiger partial charge in [-0.3, -0.25) is 0 Å². The van der Waals surface area contributed by atoms with Crippen LogP contribution in [0.3, 0.4) is 0 Å². The van der Waals surface area contributed by atoms with E-state index in [0.29, 0.717) is 5.82 Å². The Kier molecular flexibility index (Phi) is 4.94. The Morgan fingerprint density at radius 3 is 2.88 bits per heavy atom. The highest BCUT2D eigenvalue weighted by Crippen LogP contribution is 2.31. The van der Waals surface area contributed by atoms with Gasteiger partial charge in [0.05, 0.1) is 30.9 Å². The van der Waals surface area contributed by atoms with Crippen LogP contribution in [-0.2, 0) is 4.74 Å². The zero-order valence-electron chi connectivity index (χ0n) is 14.4. The number of pyridine rings is 2. The molecule has 0 amide bonds. The van der Waals surface area contributed by atoms with Crippen molar-refractivity contribution < 1.29 is 9.47 Å². The molecule has 0 bridgehead atoms. The van der Waals surface area contributed by atoms with E-state index >= 15 is 0 Å². The first-order chi connectivity index (χ1) is 12.8. The molecule has 4 heterocycles. The predicted octanol–water partition coefficient (Wildman–Crippen LogP) is 3.19. The minimum absolute atomic E-state index is 0.687. The van der Waals surface area contributed by atoms with Gasteiger partial charge in [-0.2, -0.15) is 0 Å². The van der Waals surface area contributed by atoms with E-state index in [4.69, 9.17) is 9.47 Å². The van der Waals surface area contributed by atoms with Crippen molar-refractivity contribution in [2.45, 2.75) is 0 Å². The Labute approximate surface area is 155 Å². The largest absolute Gasteiger partial charge is 0.497 e. The molecule has 0 spiro atoms. The van der Waals surface area contributed by atoms with Crippen LogP contribution in [0.25, 0.3) is 10.6 Å². The molecule has 0 aromatic carbocycles. The summed E-state index contributed by atoms with van der Waals surface area (Å²) >= 11 is 1.65. The van der Waals surface area contributed by atoms with Crippen LogP contribution in [0.2, 0.25) is 0 Å². The number of thiazole rings is 1. The fourth-order valence-corrected chi connectivity index (χ4v) is 3.60. The van der Waals surface area contributed by atoms with E-state index in [1.807, 2.05) is 30.5 Å². The van der Waals surface area contributed by atoms with Crippen LogP contribution < -0.4 is 15.0 Å². The first-order valence-corrected chi connectivity index (χ1v) is 9.16. The van der Waals surface area contributed by atoms with E-state index in [0.717, 1.165) is 53.6 Å². The maximum atomic E-state index is 5.40. The Balaban J connectivity index is 1.53. The summed E-state index contributed by atoms with van der Waals surface area (Å²) in [7, 11) is 1.63. The minimum atomic E-state index is 0.687. The molecule has 0 unspecified atom stereocenters. The minimum Gasteiger partial charge on any atom is -0.497 e. The molecule has 8 heteroatoms. The third-order valence-corrected chi connectivity index (χ3v) is 5.08. The molecule has 0 atom stereocenters. The number of hydrogen-bond donors (Lipinski definition) is 1. The van der Waals surface area contributed by atoms with Gasteiger partial charge in [-0.25, -0.2) is 15.0 Å². The highest BCUT2D eigenvalue weighted by atomic mass is 32.1. The molecule has 1 fully saturated rings. The molecule has 4 rings (SSSR count). The average molecular weight is 369 g/mol.